The summed E-state index contributed by atoms with van der Waals surface area (Å²) in [6.45, 7) is -0.0297. The number of amides is 1. The third-order valence-electron chi connectivity index (χ3n) is 4.59. The summed E-state index contributed by atoms with van der Waals surface area (Å²) in [6, 6.07) is 22.0. The maximum atomic E-state index is 11.3. The van der Waals surface area contributed by atoms with Crippen LogP contribution >= 0.6 is 0 Å². The lowest BCUT2D eigenvalue weighted by molar-refractivity contribution is -0.122. The molecule has 3 aromatic carbocycles. The monoisotopic (exact) mass is 400 g/mol. The maximum Gasteiger partial charge on any atom is 0.257 e. The number of hydrogen-bond donors (Lipinski definition) is 3. The Balaban J connectivity index is 1.60. The van der Waals surface area contributed by atoms with Gasteiger partial charge in [0.25, 0.3) is 5.91 Å². The molecule has 3 N–H and O–H groups in total. The molecule has 7 heteroatoms. The number of nitrogens with zero attached hydrogens (tertiary/aromatic N) is 2. The molecule has 0 spiro atoms. The highest BCUT2D eigenvalue weighted by Crippen LogP contribution is 2.31. The number of aromatic nitrogens is 2. The summed E-state index contributed by atoms with van der Waals surface area (Å²) in [6.07, 6.45) is 0. The number of carbonyl (C=O) groups is 1. The number of benzene rings is 3. The minimum Gasteiger partial charge on any atom is -0.508 e. The van der Waals surface area contributed by atoms with Crippen LogP contribution in [0.2, 0.25) is 0 Å². The van der Waals surface area contributed by atoms with E-state index in [2.05, 4.69) is 20.8 Å². The summed E-state index contributed by atoms with van der Waals surface area (Å²) >= 11 is 0. The number of aromatic hydroxyl groups is 1. The van der Waals surface area contributed by atoms with E-state index in [1.54, 1.807) is 31.3 Å². The summed E-state index contributed by atoms with van der Waals surface area (Å²) in [5, 5.41) is 26.0. The molecule has 7 nitrogen and oxygen atoms in total. The first-order valence-corrected chi connectivity index (χ1v) is 9.39. The first kappa shape index (κ1) is 19.2. The first-order valence-electron chi connectivity index (χ1n) is 9.39. The number of rotatable bonds is 6. The topological polar surface area (TPSA) is 96.4 Å². The molecule has 0 aliphatic rings. The van der Waals surface area contributed by atoms with Gasteiger partial charge in [-0.15, -0.1) is 10.2 Å². The van der Waals surface area contributed by atoms with E-state index in [0.717, 1.165) is 27.7 Å². The zero-order valence-corrected chi connectivity index (χ0v) is 16.3. The lowest BCUT2D eigenvalue weighted by atomic mass is 10.0. The van der Waals surface area contributed by atoms with Crippen LogP contribution in [0.15, 0.2) is 72.8 Å². The third-order valence-corrected chi connectivity index (χ3v) is 4.59. The molecule has 150 valence electrons. The van der Waals surface area contributed by atoms with Crippen LogP contribution in [0.4, 0.5) is 11.5 Å². The summed E-state index contributed by atoms with van der Waals surface area (Å²) in [5.41, 5.74) is 2.44. The van der Waals surface area contributed by atoms with Crippen molar-refractivity contribution in [2.75, 3.05) is 19.0 Å². The number of fused-ring (bicyclic) bond motifs is 1. The second-order valence-electron chi connectivity index (χ2n) is 6.60. The van der Waals surface area contributed by atoms with Crippen LogP contribution in [0.5, 0.6) is 11.5 Å². The SMILES string of the molecule is CNC(=O)COc1ccc(Nc2nnc(-c3ccc(O)cc3)c3ccccc23)cc1. The van der Waals surface area contributed by atoms with Gasteiger partial charge in [0.05, 0.1) is 0 Å². The minimum absolute atomic E-state index is 0.0297. The Kier molecular flexibility index (Phi) is 5.43. The Labute approximate surface area is 173 Å². The molecule has 0 saturated carbocycles. The fraction of sp³-hybridized carbons (Fsp3) is 0.0870. The quantitative estimate of drug-likeness (QED) is 0.455. The van der Waals surface area contributed by atoms with Crippen LogP contribution in [0.1, 0.15) is 0 Å². The first-order chi connectivity index (χ1) is 14.6. The highest BCUT2D eigenvalue weighted by Gasteiger charge is 2.11. The zero-order valence-electron chi connectivity index (χ0n) is 16.3. The van der Waals surface area contributed by atoms with Crippen molar-refractivity contribution in [2.24, 2.45) is 0 Å². The van der Waals surface area contributed by atoms with Crippen LogP contribution in [0.3, 0.4) is 0 Å². The number of hydrogen-bond acceptors (Lipinski definition) is 6. The molecule has 1 aromatic heterocycles. The number of nitrogens with one attached hydrogen (secondary N) is 2. The third kappa shape index (κ3) is 4.15. The van der Waals surface area contributed by atoms with Gasteiger partial charge >= 0.3 is 0 Å². The fourth-order valence-electron chi connectivity index (χ4n) is 3.02. The van der Waals surface area contributed by atoms with Crippen LogP contribution in [0, 0.1) is 0 Å². The highest BCUT2D eigenvalue weighted by atomic mass is 16.5. The van der Waals surface area contributed by atoms with E-state index >= 15 is 0 Å². The Bertz CT molecular complexity index is 1180. The summed E-state index contributed by atoms with van der Waals surface area (Å²) in [5.74, 6) is 1.25. The van der Waals surface area contributed by atoms with Gasteiger partial charge in [-0.3, -0.25) is 4.79 Å². The van der Waals surface area contributed by atoms with Gasteiger partial charge in [-0.25, -0.2) is 0 Å². The highest BCUT2D eigenvalue weighted by molar-refractivity contribution is 6.00. The van der Waals surface area contributed by atoms with Gasteiger partial charge in [-0.1, -0.05) is 24.3 Å². The van der Waals surface area contributed by atoms with Gasteiger partial charge < -0.3 is 20.5 Å². The van der Waals surface area contributed by atoms with Crippen LogP contribution in [-0.4, -0.2) is 34.9 Å². The number of ether oxygens (including phenoxy) is 1. The van der Waals surface area contributed by atoms with E-state index in [4.69, 9.17) is 4.74 Å². The van der Waals surface area contributed by atoms with E-state index < -0.39 is 0 Å². The van der Waals surface area contributed by atoms with Crippen molar-refractivity contribution in [1.29, 1.82) is 0 Å². The predicted octanol–water partition coefficient (Wildman–Crippen LogP) is 3.87. The van der Waals surface area contributed by atoms with E-state index in [-0.39, 0.29) is 18.3 Å². The number of phenols is 1. The fourth-order valence-corrected chi connectivity index (χ4v) is 3.02. The molecule has 0 aliphatic heterocycles. The Morgan fingerprint density at radius 1 is 0.933 bits per heavy atom. The van der Waals surface area contributed by atoms with E-state index in [0.29, 0.717) is 11.6 Å². The molecule has 1 heterocycles. The van der Waals surface area contributed by atoms with Gasteiger partial charge in [0.2, 0.25) is 0 Å². The van der Waals surface area contributed by atoms with Crippen molar-refractivity contribution < 1.29 is 14.6 Å². The minimum atomic E-state index is -0.187. The average Bonchev–Trinajstić information content (AvgIpc) is 2.79. The summed E-state index contributed by atoms with van der Waals surface area (Å²) in [7, 11) is 1.57. The number of phenolic OH excluding ortho intramolecular Hbond substituents is 1. The molecule has 0 atom stereocenters. The van der Waals surface area contributed by atoms with Crippen molar-refractivity contribution >= 4 is 28.2 Å². The number of likely N-dealkylation sites (N-methyl/N-ethyl adjacent to an activating group) is 1. The molecule has 30 heavy (non-hydrogen) atoms. The Morgan fingerprint density at radius 2 is 1.63 bits per heavy atom. The number of anilines is 2. The average molecular weight is 400 g/mol. The zero-order chi connectivity index (χ0) is 20.9. The molecule has 0 saturated heterocycles. The largest absolute Gasteiger partial charge is 0.508 e. The molecule has 0 radical (unpaired) electrons. The summed E-state index contributed by atoms with van der Waals surface area (Å²) in [4.78, 5) is 11.3. The second-order valence-corrected chi connectivity index (χ2v) is 6.60. The van der Waals surface area contributed by atoms with Crippen molar-refractivity contribution in [1.82, 2.24) is 15.5 Å². The van der Waals surface area contributed by atoms with Crippen LogP contribution in [0.25, 0.3) is 22.0 Å². The summed E-state index contributed by atoms with van der Waals surface area (Å²) < 4.78 is 5.42. The van der Waals surface area contributed by atoms with Gasteiger partial charge in [0.15, 0.2) is 12.4 Å². The van der Waals surface area contributed by atoms with E-state index in [9.17, 15) is 9.90 Å². The van der Waals surface area contributed by atoms with Gasteiger partial charge in [0.1, 0.15) is 17.2 Å². The van der Waals surface area contributed by atoms with E-state index in [1.807, 2.05) is 48.5 Å². The molecular formula is C23H20N4O3. The molecule has 0 aliphatic carbocycles. The molecule has 4 aromatic rings. The van der Waals surface area contributed by atoms with Crippen LogP contribution in [-0.2, 0) is 4.79 Å². The number of carbonyl (C=O) groups excluding carboxylic acids is 1. The predicted molar refractivity (Wildman–Crippen MR) is 116 cm³/mol. The normalized spacial score (nSPS) is 10.6. The Hall–Kier alpha value is -4.13. The van der Waals surface area contributed by atoms with Crippen molar-refractivity contribution in [3.05, 3.63) is 72.8 Å². The molecular weight excluding hydrogens is 380 g/mol. The van der Waals surface area contributed by atoms with Crippen molar-refractivity contribution in [3.8, 4) is 22.8 Å². The molecule has 1 amide bonds. The smallest absolute Gasteiger partial charge is 0.257 e. The molecule has 0 unspecified atom stereocenters. The van der Waals surface area contributed by atoms with Gasteiger partial charge in [0, 0.05) is 29.1 Å². The van der Waals surface area contributed by atoms with Gasteiger partial charge in [-0.05, 0) is 48.5 Å². The van der Waals surface area contributed by atoms with Gasteiger partial charge in [-0.2, -0.15) is 0 Å². The second kappa shape index (κ2) is 8.48. The molecule has 4 rings (SSSR count). The lowest BCUT2D eigenvalue weighted by Crippen LogP contribution is -2.24. The van der Waals surface area contributed by atoms with E-state index in [1.165, 1.54) is 0 Å². The molecule has 0 bridgehead atoms. The molecule has 0 fully saturated rings. The Morgan fingerprint density at radius 3 is 2.33 bits per heavy atom. The van der Waals surface area contributed by atoms with Crippen molar-refractivity contribution in [2.45, 2.75) is 0 Å². The van der Waals surface area contributed by atoms with Crippen molar-refractivity contribution in [3.63, 3.8) is 0 Å². The lowest BCUT2D eigenvalue weighted by Gasteiger charge is -2.12. The maximum absolute atomic E-state index is 11.3. The van der Waals surface area contributed by atoms with Crippen LogP contribution < -0.4 is 15.4 Å². The standard InChI is InChI=1S/C23H20N4O3/c1-24-21(29)14-30-18-12-8-16(9-13-18)25-23-20-5-3-2-4-19(20)22(26-27-23)15-6-10-17(28)11-7-15/h2-13,28H,14H2,1H3,(H,24,29)(H,25,27).